The fourth-order valence-electron chi connectivity index (χ4n) is 1.37. The van der Waals surface area contributed by atoms with Crippen molar-refractivity contribution >= 4 is 17.2 Å². The molecule has 0 amide bonds. The average molecular weight is 226 g/mol. The number of nitrogens with two attached hydrogens (primary N) is 1. The van der Waals surface area contributed by atoms with Gasteiger partial charge in [-0.1, -0.05) is 18.2 Å². The minimum Gasteiger partial charge on any atom is -0.493 e. The quantitative estimate of drug-likeness (QED) is 0.836. The van der Waals surface area contributed by atoms with Crippen molar-refractivity contribution in [2.75, 3.05) is 13.2 Å². The molecule has 15 heavy (non-hydrogen) atoms. The summed E-state index contributed by atoms with van der Waals surface area (Å²) in [6.07, 6.45) is 0.750. The maximum Gasteiger partial charge on any atom is 0.126 e. The van der Waals surface area contributed by atoms with Gasteiger partial charge in [-0.3, -0.25) is 0 Å². The zero-order chi connectivity index (χ0) is 11.3. The number of benzene rings is 1. The molecule has 1 aromatic rings. The number of hydrogen-bond donors (Lipinski definition) is 1. The van der Waals surface area contributed by atoms with Crippen LogP contribution in [0.15, 0.2) is 24.8 Å². The van der Waals surface area contributed by atoms with Crippen LogP contribution in [0.2, 0.25) is 5.02 Å². The second-order valence-corrected chi connectivity index (χ2v) is 3.65. The van der Waals surface area contributed by atoms with Crippen LogP contribution in [0.3, 0.4) is 0 Å². The molecule has 82 valence electrons. The molecule has 0 fully saturated rings. The third-order valence-corrected chi connectivity index (χ3v) is 2.30. The third kappa shape index (κ3) is 3.26. The van der Waals surface area contributed by atoms with Gasteiger partial charge in [-0.05, 0) is 43.7 Å². The SMILES string of the molecule is C=C(CCN)c1cc(Cl)ccc1OCC. The van der Waals surface area contributed by atoms with Crippen molar-refractivity contribution in [3.8, 4) is 5.75 Å². The maximum atomic E-state index is 5.93. The van der Waals surface area contributed by atoms with Gasteiger partial charge in [0.15, 0.2) is 0 Å². The molecule has 3 heteroatoms. The van der Waals surface area contributed by atoms with Crippen LogP contribution in [-0.2, 0) is 0 Å². The monoisotopic (exact) mass is 225 g/mol. The predicted octanol–water partition coefficient (Wildman–Crippen LogP) is 3.10. The number of halogens is 1. The minimum atomic E-state index is 0.580. The fraction of sp³-hybridized carbons (Fsp3) is 0.333. The second kappa shape index (κ2) is 5.79. The van der Waals surface area contributed by atoms with Crippen LogP contribution in [-0.4, -0.2) is 13.2 Å². The highest BCUT2D eigenvalue weighted by atomic mass is 35.5. The Morgan fingerprint density at radius 1 is 1.53 bits per heavy atom. The molecule has 0 spiro atoms. The van der Waals surface area contributed by atoms with Crippen LogP contribution < -0.4 is 10.5 Å². The summed E-state index contributed by atoms with van der Waals surface area (Å²) in [5.74, 6) is 0.820. The van der Waals surface area contributed by atoms with Crippen molar-refractivity contribution in [2.45, 2.75) is 13.3 Å². The van der Waals surface area contributed by atoms with E-state index < -0.39 is 0 Å². The van der Waals surface area contributed by atoms with Crippen LogP contribution in [0.5, 0.6) is 5.75 Å². The van der Waals surface area contributed by atoms with E-state index in [0.29, 0.717) is 18.2 Å². The molecule has 0 radical (unpaired) electrons. The van der Waals surface area contributed by atoms with Gasteiger partial charge < -0.3 is 10.5 Å². The Balaban J connectivity index is 3.00. The number of hydrogen-bond acceptors (Lipinski definition) is 2. The van der Waals surface area contributed by atoms with Crippen molar-refractivity contribution in [1.29, 1.82) is 0 Å². The van der Waals surface area contributed by atoms with Crippen molar-refractivity contribution in [3.05, 3.63) is 35.4 Å². The lowest BCUT2D eigenvalue weighted by molar-refractivity contribution is 0.339. The van der Waals surface area contributed by atoms with Gasteiger partial charge >= 0.3 is 0 Å². The molecule has 0 saturated carbocycles. The molecule has 2 N–H and O–H groups in total. The highest BCUT2D eigenvalue weighted by molar-refractivity contribution is 6.30. The topological polar surface area (TPSA) is 35.2 Å². The molecule has 0 aliphatic heterocycles. The Hall–Kier alpha value is -0.990. The first-order valence-electron chi connectivity index (χ1n) is 4.99. The van der Waals surface area contributed by atoms with E-state index in [1.807, 2.05) is 25.1 Å². The Kier molecular flexibility index (Phi) is 4.66. The van der Waals surface area contributed by atoms with Gasteiger partial charge in [0.1, 0.15) is 5.75 Å². The molecule has 0 unspecified atom stereocenters. The van der Waals surface area contributed by atoms with E-state index in [-0.39, 0.29) is 0 Å². The minimum absolute atomic E-state index is 0.580. The van der Waals surface area contributed by atoms with Crippen LogP contribution in [0.1, 0.15) is 18.9 Å². The summed E-state index contributed by atoms with van der Waals surface area (Å²) in [6, 6.07) is 5.54. The first-order chi connectivity index (χ1) is 7.19. The van der Waals surface area contributed by atoms with E-state index in [1.165, 1.54) is 0 Å². The van der Waals surface area contributed by atoms with Gasteiger partial charge in [0, 0.05) is 10.6 Å². The molecule has 0 bridgehead atoms. The van der Waals surface area contributed by atoms with Crippen molar-refractivity contribution in [1.82, 2.24) is 0 Å². The number of rotatable bonds is 5. The van der Waals surface area contributed by atoms with E-state index in [0.717, 1.165) is 23.3 Å². The summed E-state index contributed by atoms with van der Waals surface area (Å²) >= 11 is 5.93. The molecule has 2 nitrogen and oxygen atoms in total. The van der Waals surface area contributed by atoms with Gasteiger partial charge in [0.05, 0.1) is 6.61 Å². The molecule has 0 heterocycles. The lowest BCUT2D eigenvalue weighted by Gasteiger charge is -2.12. The Labute approximate surface area is 95.7 Å². The zero-order valence-electron chi connectivity index (χ0n) is 8.92. The van der Waals surface area contributed by atoms with E-state index in [1.54, 1.807) is 0 Å². The van der Waals surface area contributed by atoms with Gasteiger partial charge in [-0.2, -0.15) is 0 Å². The highest BCUT2D eigenvalue weighted by Gasteiger charge is 2.07. The summed E-state index contributed by atoms with van der Waals surface area (Å²) in [6.45, 7) is 7.14. The van der Waals surface area contributed by atoms with E-state index >= 15 is 0 Å². The van der Waals surface area contributed by atoms with Crippen LogP contribution in [0.4, 0.5) is 0 Å². The molecule has 0 aliphatic rings. The summed E-state index contributed by atoms with van der Waals surface area (Å²) in [7, 11) is 0. The van der Waals surface area contributed by atoms with Gasteiger partial charge in [0.2, 0.25) is 0 Å². The van der Waals surface area contributed by atoms with E-state index in [9.17, 15) is 0 Å². The maximum absolute atomic E-state index is 5.93. The van der Waals surface area contributed by atoms with Gasteiger partial charge in [-0.25, -0.2) is 0 Å². The first-order valence-corrected chi connectivity index (χ1v) is 5.37. The van der Waals surface area contributed by atoms with Crippen molar-refractivity contribution in [3.63, 3.8) is 0 Å². The summed E-state index contributed by atoms with van der Waals surface area (Å²) in [4.78, 5) is 0. The van der Waals surface area contributed by atoms with E-state index in [4.69, 9.17) is 22.1 Å². The number of ether oxygens (including phenoxy) is 1. The normalized spacial score (nSPS) is 10.1. The summed E-state index contributed by atoms with van der Waals surface area (Å²) < 4.78 is 5.50. The predicted molar refractivity (Wildman–Crippen MR) is 65.3 cm³/mol. The lowest BCUT2D eigenvalue weighted by atomic mass is 10.0. The smallest absolute Gasteiger partial charge is 0.126 e. The largest absolute Gasteiger partial charge is 0.493 e. The average Bonchev–Trinajstić information content (AvgIpc) is 2.21. The zero-order valence-corrected chi connectivity index (χ0v) is 9.68. The Morgan fingerprint density at radius 2 is 2.27 bits per heavy atom. The van der Waals surface area contributed by atoms with Crippen molar-refractivity contribution in [2.24, 2.45) is 5.73 Å². The lowest BCUT2D eigenvalue weighted by Crippen LogP contribution is -2.01. The molecule has 0 atom stereocenters. The molecule has 0 aliphatic carbocycles. The Morgan fingerprint density at radius 3 is 2.87 bits per heavy atom. The van der Waals surface area contributed by atoms with Crippen LogP contribution >= 0.6 is 11.6 Å². The summed E-state index contributed by atoms with van der Waals surface area (Å²) in [5, 5.41) is 0.687. The van der Waals surface area contributed by atoms with Crippen molar-refractivity contribution < 1.29 is 4.74 Å². The second-order valence-electron chi connectivity index (χ2n) is 3.22. The van der Waals surface area contributed by atoms with Gasteiger partial charge in [-0.15, -0.1) is 0 Å². The molecule has 1 aromatic carbocycles. The van der Waals surface area contributed by atoms with Gasteiger partial charge in [0.25, 0.3) is 0 Å². The van der Waals surface area contributed by atoms with E-state index in [2.05, 4.69) is 6.58 Å². The molecular formula is C12H16ClNO. The summed E-state index contributed by atoms with van der Waals surface area (Å²) in [5.41, 5.74) is 7.41. The fourth-order valence-corrected chi connectivity index (χ4v) is 1.54. The van der Waals surface area contributed by atoms with Crippen LogP contribution in [0.25, 0.3) is 5.57 Å². The molecular weight excluding hydrogens is 210 g/mol. The van der Waals surface area contributed by atoms with Crippen LogP contribution in [0, 0.1) is 0 Å². The third-order valence-electron chi connectivity index (χ3n) is 2.07. The molecule has 0 aromatic heterocycles. The molecule has 1 rings (SSSR count). The Bertz CT molecular complexity index is 349. The highest BCUT2D eigenvalue weighted by Crippen LogP contribution is 2.29. The molecule has 0 saturated heterocycles. The first kappa shape index (κ1) is 12.1. The standard InChI is InChI=1S/C12H16ClNO/c1-3-15-12-5-4-10(13)8-11(12)9(2)6-7-14/h4-5,8H,2-3,6-7,14H2,1H3.